The molecule has 25 heavy (non-hydrogen) atoms. The van der Waals surface area contributed by atoms with E-state index in [1.165, 1.54) is 5.56 Å². The first kappa shape index (κ1) is 17.6. The van der Waals surface area contributed by atoms with Crippen LogP contribution in [0.3, 0.4) is 0 Å². The van der Waals surface area contributed by atoms with Crippen LogP contribution in [0.1, 0.15) is 47.6 Å². The summed E-state index contributed by atoms with van der Waals surface area (Å²) in [5.74, 6) is -0.149. The highest BCUT2D eigenvalue weighted by atomic mass is 16.5. The number of nitrogens with zero attached hydrogens (tertiary/aromatic N) is 1. The van der Waals surface area contributed by atoms with E-state index in [1.54, 1.807) is 6.07 Å². The number of amides is 1. The van der Waals surface area contributed by atoms with Crippen LogP contribution >= 0.6 is 0 Å². The van der Waals surface area contributed by atoms with E-state index < -0.39 is 0 Å². The lowest BCUT2D eigenvalue weighted by molar-refractivity contribution is 0.0332. The van der Waals surface area contributed by atoms with Gasteiger partial charge in [0.15, 0.2) is 0 Å². The fourth-order valence-electron chi connectivity index (χ4n) is 3.29. The van der Waals surface area contributed by atoms with Gasteiger partial charge in [-0.1, -0.05) is 30.3 Å². The minimum Gasteiger partial charge on any atom is -0.381 e. The Morgan fingerprint density at radius 2 is 2.04 bits per heavy atom. The maximum atomic E-state index is 12.3. The van der Waals surface area contributed by atoms with E-state index in [0.29, 0.717) is 25.5 Å². The molecule has 6 heteroatoms. The van der Waals surface area contributed by atoms with E-state index in [1.807, 2.05) is 25.1 Å². The zero-order valence-corrected chi connectivity index (χ0v) is 14.8. The zero-order chi connectivity index (χ0) is 17.7. The highest BCUT2D eigenvalue weighted by Gasteiger charge is 2.34. The Balaban J connectivity index is 1.67. The van der Waals surface area contributed by atoms with Gasteiger partial charge < -0.3 is 15.4 Å². The molecule has 3 rings (SSSR count). The molecular formula is C19H26N4O2. The summed E-state index contributed by atoms with van der Waals surface area (Å²) >= 11 is 0. The number of aromatic amines is 1. The molecule has 134 valence electrons. The number of aryl methyl sites for hydroxylation is 1. The second kappa shape index (κ2) is 7.80. The molecule has 6 nitrogen and oxygen atoms in total. The zero-order valence-electron chi connectivity index (χ0n) is 14.8. The average Bonchev–Trinajstić information content (AvgIpc) is 3.08. The number of carbonyl (C=O) groups excluding carboxylic acids is 1. The van der Waals surface area contributed by atoms with Gasteiger partial charge >= 0.3 is 0 Å². The molecule has 1 aromatic carbocycles. The average molecular weight is 342 g/mol. The van der Waals surface area contributed by atoms with Crippen molar-refractivity contribution in [2.75, 3.05) is 19.8 Å². The monoisotopic (exact) mass is 342 g/mol. The topological polar surface area (TPSA) is 79.0 Å². The van der Waals surface area contributed by atoms with Crippen molar-refractivity contribution >= 4 is 5.91 Å². The molecule has 0 saturated carbocycles. The molecule has 3 N–H and O–H groups in total. The van der Waals surface area contributed by atoms with Gasteiger partial charge in [-0.05, 0) is 38.3 Å². The van der Waals surface area contributed by atoms with Crippen molar-refractivity contribution < 1.29 is 9.53 Å². The Labute approximate surface area is 148 Å². The molecule has 1 aliphatic rings. The summed E-state index contributed by atoms with van der Waals surface area (Å²) in [6.07, 6.45) is 1.73. The smallest absolute Gasteiger partial charge is 0.271 e. The predicted octanol–water partition coefficient (Wildman–Crippen LogP) is 2.35. The number of hydrogen-bond acceptors (Lipinski definition) is 4. The molecule has 0 unspecified atom stereocenters. The van der Waals surface area contributed by atoms with Crippen LogP contribution in [0, 0.1) is 6.92 Å². The molecule has 0 spiro atoms. The van der Waals surface area contributed by atoms with Crippen molar-refractivity contribution in [2.24, 2.45) is 0 Å². The van der Waals surface area contributed by atoms with Gasteiger partial charge in [-0.3, -0.25) is 9.89 Å². The second-order valence-electron chi connectivity index (χ2n) is 6.79. The SMILES string of the molecule is Cc1cc(C(=O)NCC2(N[C@H](C)c3ccccc3)CCOCC2)n[nH]1. The van der Waals surface area contributed by atoms with Crippen molar-refractivity contribution in [1.29, 1.82) is 0 Å². The van der Waals surface area contributed by atoms with E-state index in [2.05, 4.69) is 39.9 Å². The maximum Gasteiger partial charge on any atom is 0.271 e. The van der Waals surface area contributed by atoms with Crippen molar-refractivity contribution in [3.05, 3.63) is 53.3 Å². The van der Waals surface area contributed by atoms with E-state index in [4.69, 9.17) is 4.74 Å². The molecule has 0 aliphatic carbocycles. The van der Waals surface area contributed by atoms with Crippen LogP contribution in [0.4, 0.5) is 0 Å². The Kier molecular flexibility index (Phi) is 5.50. The van der Waals surface area contributed by atoms with Gasteiger partial charge in [0.1, 0.15) is 5.69 Å². The highest BCUT2D eigenvalue weighted by molar-refractivity contribution is 5.92. The third-order valence-corrected chi connectivity index (χ3v) is 4.80. The van der Waals surface area contributed by atoms with Gasteiger partial charge in [-0.15, -0.1) is 0 Å². The van der Waals surface area contributed by atoms with Crippen LogP contribution in [0.25, 0.3) is 0 Å². The molecule has 1 saturated heterocycles. The largest absolute Gasteiger partial charge is 0.381 e. The first-order valence-electron chi connectivity index (χ1n) is 8.79. The molecule has 2 heterocycles. The Bertz CT molecular complexity index is 692. The number of hydrogen-bond donors (Lipinski definition) is 3. The molecular weight excluding hydrogens is 316 g/mol. The van der Waals surface area contributed by atoms with E-state index >= 15 is 0 Å². The molecule has 1 amide bonds. The molecule has 1 fully saturated rings. The van der Waals surface area contributed by atoms with E-state index in [9.17, 15) is 4.79 Å². The van der Waals surface area contributed by atoms with Gasteiger partial charge in [0, 0.05) is 37.0 Å². The number of nitrogens with one attached hydrogen (secondary N) is 3. The normalized spacial score (nSPS) is 17.8. The summed E-state index contributed by atoms with van der Waals surface area (Å²) in [5.41, 5.74) is 2.37. The first-order valence-corrected chi connectivity index (χ1v) is 8.79. The third-order valence-electron chi connectivity index (χ3n) is 4.80. The number of aromatic nitrogens is 2. The Hall–Kier alpha value is -2.18. The van der Waals surface area contributed by atoms with Crippen LogP contribution in [0.15, 0.2) is 36.4 Å². The number of carbonyl (C=O) groups is 1. The third kappa shape index (κ3) is 4.46. The van der Waals surface area contributed by atoms with Crippen LogP contribution in [0.5, 0.6) is 0 Å². The predicted molar refractivity (Wildman–Crippen MR) is 96.4 cm³/mol. The van der Waals surface area contributed by atoms with Gasteiger partial charge in [-0.25, -0.2) is 0 Å². The van der Waals surface area contributed by atoms with Gasteiger partial charge in [0.05, 0.1) is 0 Å². The molecule has 2 aromatic rings. The van der Waals surface area contributed by atoms with Crippen LogP contribution < -0.4 is 10.6 Å². The number of H-pyrrole nitrogens is 1. The molecule has 1 aromatic heterocycles. The van der Waals surface area contributed by atoms with Gasteiger partial charge in [0.2, 0.25) is 0 Å². The Morgan fingerprint density at radius 3 is 2.68 bits per heavy atom. The van der Waals surface area contributed by atoms with Crippen LogP contribution in [-0.4, -0.2) is 41.4 Å². The minimum absolute atomic E-state index is 0.149. The van der Waals surface area contributed by atoms with Crippen LogP contribution in [-0.2, 0) is 4.74 Å². The van der Waals surface area contributed by atoms with Gasteiger partial charge in [0.25, 0.3) is 5.91 Å². The molecule has 0 bridgehead atoms. The lowest BCUT2D eigenvalue weighted by Crippen LogP contribution is -2.57. The summed E-state index contributed by atoms with van der Waals surface area (Å²) < 4.78 is 5.54. The minimum atomic E-state index is -0.172. The molecule has 1 atom stereocenters. The summed E-state index contributed by atoms with van der Waals surface area (Å²) in [6, 6.07) is 12.3. The summed E-state index contributed by atoms with van der Waals surface area (Å²) in [5, 5.41) is 13.6. The molecule has 1 aliphatic heterocycles. The molecule has 0 radical (unpaired) electrons. The van der Waals surface area contributed by atoms with E-state index in [0.717, 1.165) is 18.5 Å². The summed E-state index contributed by atoms with van der Waals surface area (Å²) in [6.45, 7) is 5.99. The van der Waals surface area contributed by atoms with Crippen molar-refractivity contribution in [2.45, 2.75) is 38.3 Å². The standard InChI is InChI=1S/C19H26N4O2/c1-14-12-17(23-22-14)18(24)20-13-19(8-10-25-11-9-19)21-15(2)16-6-4-3-5-7-16/h3-7,12,15,21H,8-11,13H2,1-2H3,(H,20,24)(H,22,23)/t15-/m1/s1. The Morgan fingerprint density at radius 1 is 1.32 bits per heavy atom. The second-order valence-corrected chi connectivity index (χ2v) is 6.79. The number of ether oxygens (including phenoxy) is 1. The fourth-order valence-corrected chi connectivity index (χ4v) is 3.29. The van der Waals surface area contributed by atoms with Crippen molar-refractivity contribution in [1.82, 2.24) is 20.8 Å². The maximum absolute atomic E-state index is 12.3. The van der Waals surface area contributed by atoms with Gasteiger partial charge in [-0.2, -0.15) is 5.10 Å². The fraction of sp³-hybridized carbons (Fsp3) is 0.474. The highest BCUT2D eigenvalue weighted by Crippen LogP contribution is 2.25. The number of benzene rings is 1. The van der Waals surface area contributed by atoms with Crippen molar-refractivity contribution in [3.63, 3.8) is 0 Å². The summed E-state index contributed by atoms with van der Waals surface area (Å²) in [4.78, 5) is 12.3. The van der Waals surface area contributed by atoms with E-state index in [-0.39, 0.29) is 17.5 Å². The van der Waals surface area contributed by atoms with Crippen molar-refractivity contribution in [3.8, 4) is 0 Å². The first-order chi connectivity index (χ1) is 12.1. The lowest BCUT2D eigenvalue weighted by atomic mass is 9.88. The quantitative estimate of drug-likeness (QED) is 0.753. The van der Waals surface area contributed by atoms with Crippen LogP contribution in [0.2, 0.25) is 0 Å². The lowest BCUT2D eigenvalue weighted by Gasteiger charge is -2.40. The summed E-state index contributed by atoms with van der Waals surface area (Å²) in [7, 11) is 0. The number of rotatable bonds is 6.